The normalized spacial score (nSPS) is 11.3. The van der Waals surface area contributed by atoms with Crippen molar-refractivity contribution in [3.63, 3.8) is 0 Å². The molecular formula is C15H13N5OS. The van der Waals surface area contributed by atoms with Gasteiger partial charge in [0.25, 0.3) is 0 Å². The Kier molecular flexibility index (Phi) is 3.42. The molecule has 110 valence electrons. The number of rotatable bonds is 5. The molecule has 6 nitrogen and oxygen atoms in total. The van der Waals surface area contributed by atoms with Crippen LogP contribution in [0.2, 0.25) is 0 Å². The number of para-hydroxylation sites is 1. The van der Waals surface area contributed by atoms with E-state index in [-0.39, 0.29) is 0 Å². The fourth-order valence-corrected chi connectivity index (χ4v) is 3.01. The first kappa shape index (κ1) is 13.2. The molecule has 0 saturated carbocycles. The molecule has 0 radical (unpaired) electrons. The molecule has 3 heterocycles. The summed E-state index contributed by atoms with van der Waals surface area (Å²) in [6, 6.07) is 8.24. The molecule has 0 bridgehead atoms. The molecule has 0 amide bonds. The van der Waals surface area contributed by atoms with Crippen LogP contribution in [0.15, 0.2) is 42.3 Å². The maximum absolute atomic E-state index is 5.53. The van der Waals surface area contributed by atoms with E-state index in [1.165, 1.54) is 28.6 Å². The van der Waals surface area contributed by atoms with Crippen LogP contribution in [0.5, 0.6) is 0 Å². The number of aromatic nitrogens is 4. The Hall–Kier alpha value is -2.51. The minimum atomic E-state index is 0.539. The van der Waals surface area contributed by atoms with E-state index < -0.39 is 0 Å². The monoisotopic (exact) mass is 311 g/mol. The number of nitrogens with zero attached hydrogens (tertiary/aromatic N) is 3. The van der Waals surface area contributed by atoms with E-state index in [0.29, 0.717) is 12.4 Å². The van der Waals surface area contributed by atoms with Gasteiger partial charge in [-0.3, -0.25) is 4.84 Å². The molecule has 22 heavy (non-hydrogen) atoms. The van der Waals surface area contributed by atoms with E-state index in [0.717, 1.165) is 22.3 Å². The number of aromatic amines is 1. The highest BCUT2D eigenvalue weighted by Gasteiger charge is 2.06. The van der Waals surface area contributed by atoms with E-state index in [1.807, 2.05) is 18.3 Å². The second-order valence-corrected chi connectivity index (χ2v) is 5.62. The van der Waals surface area contributed by atoms with Gasteiger partial charge in [0.1, 0.15) is 16.7 Å². The first-order valence-electron chi connectivity index (χ1n) is 6.89. The lowest BCUT2D eigenvalue weighted by Crippen LogP contribution is -2.07. The van der Waals surface area contributed by atoms with Crippen LogP contribution >= 0.6 is 11.3 Å². The summed E-state index contributed by atoms with van der Waals surface area (Å²) in [7, 11) is 0. The van der Waals surface area contributed by atoms with E-state index in [9.17, 15) is 0 Å². The van der Waals surface area contributed by atoms with Crippen molar-refractivity contribution in [3.8, 4) is 0 Å². The van der Waals surface area contributed by atoms with Crippen LogP contribution in [0.3, 0.4) is 0 Å². The summed E-state index contributed by atoms with van der Waals surface area (Å²) in [6.45, 7) is 0.539. The van der Waals surface area contributed by atoms with Crippen molar-refractivity contribution in [3.05, 3.63) is 47.9 Å². The zero-order valence-electron chi connectivity index (χ0n) is 11.6. The Balaban J connectivity index is 1.40. The van der Waals surface area contributed by atoms with E-state index >= 15 is 0 Å². The van der Waals surface area contributed by atoms with Gasteiger partial charge in [-0.15, -0.1) is 11.3 Å². The number of hydrogen-bond acceptors (Lipinski definition) is 6. The molecule has 3 aromatic heterocycles. The summed E-state index contributed by atoms with van der Waals surface area (Å²) in [5, 5.41) is 1.23. The fourth-order valence-electron chi connectivity index (χ4n) is 2.39. The highest BCUT2D eigenvalue weighted by molar-refractivity contribution is 7.16. The van der Waals surface area contributed by atoms with Crippen LogP contribution in [-0.4, -0.2) is 26.5 Å². The summed E-state index contributed by atoms with van der Waals surface area (Å²) in [6.07, 6.45) is 4.34. The van der Waals surface area contributed by atoms with Crippen LogP contribution in [0.25, 0.3) is 21.3 Å². The van der Waals surface area contributed by atoms with Gasteiger partial charge < -0.3 is 4.98 Å². The molecule has 0 saturated heterocycles. The van der Waals surface area contributed by atoms with Crippen molar-refractivity contribution >= 4 is 38.4 Å². The fraction of sp³-hybridized carbons (Fsp3) is 0.133. The second kappa shape index (κ2) is 5.70. The van der Waals surface area contributed by atoms with Gasteiger partial charge in [0.15, 0.2) is 5.82 Å². The Morgan fingerprint density at radius 1 is 1.18 bits per heavy atom. The molecule has 0 spiro atoms. The van der Waals surface area contributed by atoms with Gasteiger partial charge in [-0.05, 0) is 11.6 Å². The van der Waals surface area contributed by atoms with Crippen LogP contribution in [0.1, 0.15) is 5.56 Å². The van der Waals surface area contributed by atoms with Crippen molar-refractivity contribution in [2.75, 3.05) is 12.1 Å². The third-order valence-corrected chi connectivity index (χ3v) is 4.18. The minimum absolute atomic E-state index is 0.539. The summed E-state index contributed by atoms with van der Waals surface area (Å²) in [5.74, 6) is 0.602. The number of H-pyrrole nitrogens is 1. The van der Waals surface area contributed by atoms with Crippen molar-refractivity contribution in [1.29, 1.82) is 0 Å². The second-order valence-electron chi connectivity index (χ2n) is 4.79. The quantitative estimate of drug-likeness (QED) is 0.437. The van der Waals surface area contributed by atoms with Gasteiger partial charge in [0, 0.05) is 23.5 Å². The largest absolute Gasteiger partial charge is 0.361 e. The molecule has 0 aliphatic rings. The van der Waals surface area contributed by atoms with Crippen molar-refractivity contribution < 1.29 is 4.84 Å². The number of nitrogens with one attached hydrogen (secondary N) is 2. The lowest BCUT2D eigenvalue weighted by Gasteiger charge is -2.06. The zero-order chi connectivity index (χ0) is 14.8. The Bertz CT molecular complexity index is 916. The highest BCUT2D eigenvalue weighted by atomic mass is 32.1. The van der Waals surface area contributed by atoms with Crippen LogP contribution in [0.4, 0.5) is 5.82 Å². The third kappa shape index (κ3) is 2.40. The number of hydrogen-bond donors (Lipinski definition) is 2. The molecule has 2 N–H and O–H groups in total. The predicted octanol–water partition coefficient (Wildman–Crippen LogP) is 3.15. The van der Waals surface area contributed by atoms with Crippen molar-refractivity contribution in [1.82, 2.24) is 19.9 Å². The molecule has 0 fully saturated rings. The molecule has 4 rings (SSSR count). The summed E-state index contributed by atoms with van der Waals surface area (Å²) >= 11 is 1.48. The standard InChI is InChI=1S/C15H13N5OS/c1-2-4-12-11(3-1)10(7-16-12)5-6-21-20-14-13-15(18-8-17-14)22-9-19-13/h1-4,7-9,16H,5-6H2,(H,17,18,20). The minimum Gasteiger partial charge on any atom is -0.361 e. The highest BCUT2D eigenvalue weighted by Crippen LogP contribution is 2.21. The maximum atomic E-state index is 5.53. The third-order valence-electron chi connectivity index (χ3n) is 3.45. The van der Waals surface area contributed by atoms with E-state index in [2.05, 4.69) is 37.5 Å². The average molecular weight is 311 g/mol. The molecule has 4 aromatic rings. The van der Waals surface area contributed by atoms with Gasteiger partial charge in [-0.2, -0.15) is 0 Å². The molecule has 1 aromatic carbocycles. The van der Waals surface area contributed by atoms with Gasteiger partial charge in [-0.25, -0.2) is 20.4 Å². The maximum Gasteiger partial charge on any atom is 0.180 e. The summed E-state index contributed by atoms with van der Waals surface area (Å²) in [4.78, 5) is 22.2. The number of thiazole rings is 1. The van der Waals surface area contributed by atoms with E-state index in [4.69, 9.17) is 4.84 Å². The number of anilines is 1. The zero-order valence-corrected chi connectivity index (χ0v) is 12.4. The van der Waals surface area contributed by atoms with Crippen LogP contribution in [-0.2, 0) is 11.3 Å². The van der Waals surface area contributed by atoms with Gasteiger partial charge in [0.05, 0.1) is 12.1 Å². The Morgan fingerprint density at radius 2 is 2.14 bits per heavy atom. The van der Waals surface area contributed by atoms with Crippen LogP contribution in [0, 0.1) is 0 Å². The van der Waals surface area contributed by atoms with Crippen LogP contribution < -0.4 is 5.48 Å². The molecule has 7 heteroatoms. The van der Waals surface area contributed by atoms with Crippen molar-refractivity contribution in [2.45, 2.75) is 6.42 Å². The summed E-state index contributed by atoms with van der Waals surface area (Å²) < 4.78 is 0. The number of benzene rings is 1. The van der Waals surface area contributed by atoms with Gasteiger partial charge in [-0.1, -0.05) is 18.2 Å². The average Bonchev–Trinajstić information content (AvgIpc) is 3.19. The van der Waals surface area contributed by atoms with Gasteiger partial charge in [0.2, 0.25) is 0 Å². The topological polar surface area (TPSA) is 75.7 Å². The molecular weight excluding hydrogens is 298 g/mol. The molecule has 0 aliphatic heterocycles. The Labute approximate surface area is 130 Å². The molecule has 0 aliphatic carbocycles. The smallest absolute Gasteiger partial charge is 0.180 e. The van der Waals surface area contributed by atoms with Crippen molar-refractivity contribution in [2.24, 2.45) is 0 Å². The van der Waals surface area contributed by atoms with Gasteiger partial charge >= 0.3 is 0 Å². The first-order valence-corrected chi connectivity index (χ1v) is 7.77. The molecule has 0 atom stereocenters. The SMILES string of the molecule is c1ccc2c(CCONc3ncnc4scnc34)c[nH]c2c1. The molecule has 0 unspecified atom stereocenters. The first-order chi connectivity index (χ1) is 10.9. The van der Waals surface area contributed by atoms with E-state index in [1.54, 1.807) is 5.51 Å². The summed E-state index contributed by atoms with van der Waals surface area (Å²) in [5.41, 5.74) is 7.73. The number of fused-ring (bicyclic) bond motifs is 2. The Morgan fingerprint density at radius 3 is 3.14 bits per heavy atom. The lowest BCUT2D eigenvalue weighted by atomic mass is 10.1. The predicted molar refractivity (Wildman–Crippen MR) is 86.8 cm³/mol. The lowest BCUT2D eigenvalue weighted by molar-refractivity contribution is 0.196.